The zero-order chi connectivity index (χ0) is 13.5. The van der Waals surface area contributed by atoms with Crippen LogP contribution < -0.4 is 5.73 Å². The topological polar surface area (TPSA) is 78.0 Å². The van der Waals surface area contributed by atoms with E-state index >= 15 is 0 Å². The molecule has 3 rings (SSSR count). The molecule has 3 heterocycles. The fourth-order valence-electron chi connectivity index (χ4n) is 3.11. The predicted molar refractivity (Wildman–Crippen MR) is 73.5 cm³/mol. The molecule has 0 aromatic carbocycles. The van der Waals surface area contributed by atoms with Crippen molar-refractivity contribution < 1.29 is 8.42 Å². The van der Waals surface area contributed by atoms with Crippen molar-refractivity contribution in [2.45, 2.75) is 44.7 Å². The number of aromatic nitrogens is 2. The summed E-state index contributed by atoms with van der Waals surface area (Å²) >= 11 is 0. The first-order valence-corrected chi connectivity index (χ1v) is 8.87. The molecule has 1 unspecified atom stereocenters. The van der Waals surface area contributed by atoms with Crippen LogP contribution in [0.5, 0.6) is 0 Å². The van der Waals surface area contributed by atoms with Crippen molar-refractivity contribution in [2.75, 3.05) is 11.5 Å². The van der Waals surface area contributed by atoms with E-state index in [9.17, 15) is 8.42 Å². The van der Waals surface area contributed by atoms with Gasteiger partial charge in [-0.2, -0.15) is 0 Å². The summed E-state index contributed by atoms with van der Waals surface area (Å²) in [4.78, 5) is 4.65. The van der Waals surface area contributed by atoms with Crippen LogP contribution in [0.25, 0.3) is 0 Å². The van der Waals surface area contributed by atoms with Crippen molar-refractivity contribution in [1.29, 1.82) is 0 Å². The first-order chi connectivity index (χ1) is 9.03. The Bertz CT molecular complexity index is 550. The molecular weight excluding hydrogens is 262 g/mol. The molecule has 106 valence electrons. The van der Waals surface area contributed by atoms with E-state index < -0.39 is 9.84 Å². The Kier molecular flexibility index (Phi) is 3.39. The summed E-state index contributed by atoms with van der Waals surface area (Å²) in [5.41, 5.74) is 7.15. The highest BCUT2D eigenvalue weighted by atomic mass is 32.2. The standard InChI is InChI=1S/C13H21N3O2S/c14-12-2-1-5-16-9-11(15-13(12)16)8-10-3-6-19(17,18)7-4-10/h9-10,12H,1-8,14H2. The van der Waals surface area contributed by atoms with E-state index in [1.165, 1.54) is 0 Å². The molecule has 0 amide bonds. The number of imidazole rings is 1. The van der Waals surface area contributed by atoms with E-state index in [1.54, 1.807) is 0 Å². The lowest BCUT2D eigenvalue weighted by Gasteiger charge is -2.20. The summed E-state index contributed by atoms with van der Waals surface area (Å²) in [5.74, 6) is 2.14. The van der Waals surface area contributed by atoms with Gasteiger partial charge < -0.3 is 10.3 Å². The molecule has 1 saturated heterocycles. The normalized spacial score (nSPS) is 27.1. The maximum atomic E-state index is 11.4. The summed E-state index contributed by atoms with van der Waals surface area (Å²) in [5, 5.41) is 0. The number of sulfone groups is 1. The molecule has 5 nitrogen and oxygen atoms in total. The lowest BCUT2D eigenvalue weighted by Crippen LogP contribution is -2.24. The number of aryl methyl sites for hydroxylation is 1. The molecule has 0 aliphatic carbocycles. The summed E-state index contributed by atoms with van der Waals surface area (Å²) in [7, 11) is -2.76. The van der Waals surface area contributed by atoms with Gasteiger partial charge in [-0.25, -0.2) is 13.4 Å². The second-order valence-corrected chi connectivity index (χ2v) is 8.14. The quantitative estimate of drug-likeness (QED) is 0.880. The highest BCUT2D eigenvalue weighted by molar-refractivity contribution is 7.91. The zero-order valence-corrected chi connectivity index (χ0v) is 11.9. The molecule has 1 fully saturated rings. The molecule has 0 bridgehead atoms. The third-order valence-electron chi connectivity index (χ3n) is 4.28. The third kappa shape index (κ3) is 2.84. The molecule has 2 aliphatic heterocycles. The first-order valence-electron chi connectivity index (χ1n) is 7.05. The van der Waals surface area contributed by atoms with Crippen LogP contribution in [0.1, 0.15) is 43.2 Å². The second-order valence-electron chi connectivity index (χ2n) is 5.83. The van der Waals surface area contributed by atoms with E-state index in [0.29, 0.717) is 17.4 Å². The van der Waals surface area contributed by atoms with Crippen LogP contribution in [0, 0.1) is 5.92 Å². The van der Waals surface area contributed by atoms with E-state index in [2.05, 4.69) is 15.7 Å². The minimum absolute atomic E-state index is 0.0641. The molecule has 2 N–H and O–H groups in total. The summed E-state index contributed by atoms with van der Waals surface area (Å²) in [6.45, 7) is 1.01. The molecule has 6 heteroatoms. The van der Waals surface area contributed by atoms with Crippen molar-refractivity contribution in [3.8, 4) is 0 Å². The fraction of sp³-hybridized carbons (Fsp3) is 0.769. The van der Waals surface area contributed by atoms with Crippen LogP contribution in [-0.4, -0.2) is 29.5 Å². The zero-order valence-electron chi connectivity index (χ0n) is 11.1. The van der Waals surface area contributed by atoms with Crippen LogP contribution in [-0.2, 0) is 22.8 Å². The van der Waals surface area contributed by atoms with Gasteiger partial charge in [0.05, 0.1) is 23.2 Å². The molecule has 0 radical (unpaired) electrons. The first kappa shape index (κ1) is 13.1. The Hall–Kier alpha value is -0.880. The fourth-order valence-corrected chi connectivity index (χ4v) is 4.70. The lowest BCUT2D eigenvalue weighted by atomic mass is 9.97. The average molecular weight is 283 g/mol. The Balaban J connectivity index is 1.68. The highest BCUT2D eigenvalue weighted by Gasteiger charge is 2.25. The van der Waals surface area contributed by atoms with E-state index in [-0.39, 0.29) is 6.04 Å². The van der Waals surface area contributed by atoms with Gasteiger partial charge in [0.15, 0.2) is 0 Å². The van der Waals surface area contributed by atoms with Crippen LogP contribution in [0.15, 0.2) is 6.20 Å². The summed E-state index contributed by atoms with van der Waals surface area (Å²) < 4.78 is 25.0. The Labute approximate surface area is 114 Å². The minimum atomic E-state index is -2.76. The van der Waals surface area contributed by atoms with Gasteiger partial charge in [0.2, 0.25) is 0 Å². The molecule has 1 aromatic heterocycles. The van der Waals surface area contributed by atoms with Gasteiger partial charge in [-0.05, 0) is 38.0 Å². The minimum Gasteiger partial charge on any atom is -0.333 e. The maximum absolute atomic E-state index is 11.4. The molecular formula is C13H21N3O2S. The number of fused-ring (bicyclic) bond motifs is 1. The Morgan fingerprint density at radius 3 is 2.74 bits per heavy atom. The van der Waals surface area contributed by atoms with Gasteiger partial charge in [0.1, 0.15) is 15.7 Å². The smallest absolute Gasteiger partial charge is 0.150 e. The summed E-state index contributed by atoms with van der Waals surface area (Å²) in [6, 6.07) is 0.0641. The monoisotopic (exact) mass is 283 g/mol. The number of hydrogen-bond acceptors (Lipinski definition) is 4. The van der Waals surface area contributed by atoms with Gasteiger partial charge in [-0.3, -0.25) is 0 Å². The van der Waals surface area contributed by atoms with Crippen molar-refractivity contribution in [1.82, 2.24) is 9.55 Å². The highest BCUT2D eigenvalue weighted by Crippen LogP contribution is 2.26. The third-order valence-corrected chi connectivity index (χ3v) is 5.99. The number of hydrogen-bond donors (Lipinski definition) is 1. The predicted octanol–water partition coefficient (Wildman–Crippen LogP) is 1.04. The van der Waals surface area contributed by atoms with Crippen LogP contribution in [0.4, 0.5) is 0 Å². The SMILES string of the molecule is NC1CCCn2cc(CC3CCS(=O)(=O)CC3)nc21. The van der Waals surface area contributed by atoms with Gasteiger partial charge in [0.25, 0.3) is 0 Å². The van der Waals surface area contributed by atoms with Crippen LogP contribution in [0.3, 0.4) is 0 Å². The molecule has 19 heavy (non-hydrogen) atoms. The van der Waals surface area contributed by atoms with Gasteiger partial charge in [-0.1, -0.05) is 0 Å². The molecule has 1 aromatic rings. The van der Waals surface area contributed by atoms with Gasteiger partial charge in [0, 0.05) is 12.7 Å². The largest absolute Gasteiger partial charge is 0.333 e. The molecule has 0 spiro atoms. The number of nitrogens with two attached hydrogens (primary N) is 1. The Morgan fingerprint density at radius 1 is 1.32 bits per heavy atom. The lowest BCUT2D eigenvalue weighted by molar-refractivity contribution is 0.451. The Morgan fingerprint density at radius 2 is 2.05 bits per heavy atom. The van der Waals surface area contributed by atoms with Crippen LogP contribution >= 0.6 is 0 Å². The second kappa shape index (κ2) is 4.90. The molecule has 2 aliphatic rings. The van der Waals surface area contributed by atoms with Gasteiger partial charge >= 0.3 is 0 Å². The van der Waals surface area contributed by atoms with E-state index in [4.69, 9.17) is 5.73 Å². The molecule has 1 atom stereocenters. The summed E-state index contributed by atoms with van der Waals surface area (Å²) in [6.07, 6.45) is 6.68. The van der Waals surface area contributed by atoms with Gasteiger partial charge in [-0.15, -0.1) is 0 Å². The van der Waals surface area contributed by atoms with Crippen molar-refractivity contribution in [3.05, 3.63) is 17.7 Å². The van der Waals surface area contributed by atoms with Crippen molar-refractivity contribution in [2.24, 2.45) is 11.7 Å². The number of rotatable bonds is 2. The van der Waals surface area contributed by atoms with Crippen molar-refractivity contribution in [3.63, 3.8) is 0 Å². The maximum Gasteiger partial charge on any atom is 0.150 e. The molecule has 0 saturated carbocycles. The van der Waals surface area contributed by atoms with E-state index in [0.717, 1.165) is 50.2 Å². The van der Waals surface area contributed by atoms with Crippen LogP contribution in [0.2, 0.25) is 0 Å². The van der Waals surface area contributed by atoms with E-state index in [1.807, 2.05) is 0 Å². The average Bonchev–Trinajstić information content (AvgIpc) is 2.76. The van der Waals surface area contributed by atoms with Crippen molar-refractivity contribution >= 4 is 9.84 Å². The number of nitrogens with zero attached hydrogens (tertiary/aromatic N) is 2.